The lowest BCUT2D eigenvalue weighted by molar-refractivity contribution is 0.0446. The maximum atomic E-state index is 12.3. The van der Waals surface area contributed by atoms with Crippen LogP contribution < -0.4 is 8.85 Å². The van der Waals surface area contributed by atoms with Crippen molar-refractivity contribution < 1.29 is 23.1 Å². The molecule has 0 unspecified atom stereocenters. The third-order valence-corrected chi connectivity index (χ3v) is 20.6. The molecule has 7 heteroatoms. The molecule has 2 aromatic carbocycles. The molecule has 224 valence electrons. The lowest BCUT2D eigenvalue weighted by atomic mass is 10.2. The summed E-state index contributed by atoms with van der Waals surface area (Å²) in [6.45, 7) is 27.6. The molecule has 0 aliphatic heterocycles. The molecule has 0 atom stereocenters. The lowest BCUT2D eigenvalue weighted by Crippen LogP contribution is -2.50. The van der Waals surface area contributed by atoms with Crippen LogP contribution >= 0.6 is 0 Å². The molecule has 0 heterocycles. The van der Waals surface area contributed by atoms with E-state index in [1.165, 1.54) is 0 Å². The van der Waals surface area contributed by atoms with Crippen LogP contribution in [-0.2, 0) is 22.7 Å². The molecule has 0 saturated carbocycles. The van der Waals surface area contributed by atoms with E-state index < -0.39 is 22.8 Å². The summed E-state index contributed by atoms with van der Waals surface area (Å²) >= 11 is 0. The van der Waals surface area contributed by atoms with E-state index in [9.17, 15) is 4.79 Å². The van der Waals surface area contributed by atoms with Crippen LogP contribution in [0.5, 0.6) is 11.5 Å². The number of hydrogen-bond acceptors (Lipinski definition) is 5. The predicted molar refractivity (Wildman–Crippen MR) is 171 cm³/mol. The van der Waals surface area contributed by atoms with Crippen molar-refractivity contribution in [3.05, 3.63) is 59.7 Å². The number of ether oxygens (including phenoxy) is 2. The second-order valence-electron chi connectivity index (χ2n) is 13.0. The van der Waals surface area contributed by atoms with Crippen molar-refractivity contribution in [2.24, 2.45) is 0 Å². The van der Waals surface area contributed by atoms with Crippen LogP contribution in [0.15, 0.2) is 48.5 Å². The van der Waals surface area contributed by atoms with Gasteiger partial charge in [0.2, 0.25) is 0 Å². The van der Waals surface area contributed by atoms with Gasteiger partial charge in [-0.25, -0.2) is 4.79 Å². The Labute approximate surface area is 246 Å². The van der Waals surface area contributed by atoms with Gasteiger partial charge in [0.1, 0.15) is 24.7 Å². The quantitative estimate of drug-likeness (QED) is 0.163. The number of benzene rings is 2. The molecule has 0 saturated heterocycles. The van der Waals surface area contributed by atoms with Gasteiger partial charge in [0.25, 0.3) is 16.6 Å². The van der Waals surface area contributed by atoms with Crippen LogP contribution in [0.25, 0.3) is 0 Å². The highest BCUT2D eigenvalue weighted by Crippen LogP contribution is 2.44. The largest absolute Gasteiger partial charge is 0.543 e. The topological polar surface area (TPSA) is 54.0 Å². The van der Waals surface area contributed by atoms with Crippen molar-refractivity contribution in [1.82, 2.24) is 0 Å². The summed E-state index contributed by atoms with van der Waals surface area (Å²) in [6, 6.07) is 15.8. The molecule has 0 radical (unpaired) electrons. The van der Waals surface area contributed by atoms with Gasteiger partial charge in [0.05, 0.1) is 0 Å². The lowest BCUT2D eigenvalue weighted by Gasteiger charge is -2.42. The highest BCUT2D eigenvalue weighted by molar-refractivity contribution is 6.78. The Morgan fingerprint density at radius 2 is 0.750 bits per heavy atom. The van der Waals surface area contributed by atoms with Crippen molar-refractivity contribution in [2.45, 2.75) is 130 Å². The Hall–Kier alpha value is -2.26. The molecule has 0 fully saturated rings. The van der Waals surface area contributed by atoms with Gasteiger partial charge < -0.3 is 18.3 Å². The van der Waals surface area contributed by atoms with E-state index >= 15 is 0 Å². The molecule has 0 bridgehead atoms. The van der Waals surface area contributed by atoms with E-state index in [4.69, 9.17) is 18.3 Å². The zero-order valence-electron chi connectivity index (χ0n) is 27.0. The molecule has 0 N–H and O–H groups in total. The summed E-state index contributed by atoms with van der Waals surface area (Å²) < 4.78 is 24.2. The molecule has 0 amide bonds. The first kappa shape index (κ1) is 33.9. The minimum atomic E-state index is -2.01. The molecule has 40 heavy (non-hydrogen) atoms. The summed E-state index contributed by atoms with van der Waals surface area (Å²) in [5, 5.41) is 0. The molecule has 5 nitrogen and oxygen atoms in total. The zero-order chi connectivity index (χ0) is 30.3. The van der Waals surface area contributed by atoms with Gasteiger partial charge >= 0.3 is 6.16 Å². The van der Waals surface area contributed by atoms with Crippen molar-refractivity contribution in [3.8, 4) is 11.5 Å². The second-order valence-corrected chi connectivity index (χ2v) is 23.7. The number of rotatable bonds is 14. The summed E-state index contributed by atoms with van der Waals surface area (Å²) in [5.74, 6) is 1.77. The SMILES string of the molecule is CC(C)[Si](Oc1ccc(COC(=O)OCc2ccc(O[Si](C(C)C)(C(C)C)C(C)C)cc2)cc1)(C(C)C)C(C)C. The highest BCUT2D eigenvalue weighted by Gasteiger charge is 2.47. The van der Waals surface area contributed by atoms with E-state index in [0.717, 1.165) is 22.6 Å². The Kier molecular flexibility index (Phi) is 12.4. The van der Waals surface area contributed by atoms with E-state index in [-0.39, 0.29) is 13.2 Å². The maximum absolute atomic E-state index is 12.3. The average molecular weight is 587 g/mol. The van der Waals surface area contributed by atoms with Gasteiger partial charge in [-0.15, -0.1) is 0 Å². The zero-order valence-corrected chi connectivity index (χ0v) is 29.0. The highest BCUT2D eigenvalue weighted by atomic mass is 28.4. The van der Waals surface area contributed by atoms with Gasteiger partial charge in [-0.2, -0.15) is 0 Å². The molecule has 2 rings (SSSR count). The van der Waals surface area contributed by atoms with Gasteiger partial charge in [-0.1, -0.05) is 107 Å². The fourth-order valence-corrected chi connectivity index (χ4v) is 17.3. The maximum Gasteiger partial charge on any atom is 0.508 e. The van der Waals surface area contributed by atoms with E-state index in [2.05, 4.69) is 83.1 Å². The smallest absolute Gasteiger partial charge is 0.508 e. The molecular weight excluding hydrogens is 533 g/mol. The number of hydrogen-bond donors (Lipinski definition) is 0. The first-order valence-corrected chi connectivity index (χ1v) is 19.3. The number of carbonyl (C=O) groups excluding carboxylic acids is 1. The van der Waals surface area contributed by atoms with Crippen molar-refractivity contribution in [1.29, 1.82) is 0 Å². The van der Waals surface area contributed by atoms with E-state index in [1.807, 2.05) is 48.5 Å². The van der Waals surface area contributed by atoms with Crippen molar-refractivity contribution in [2.75, 3.05) is 0 Å². The number of carbonyl (C=O) groups is 1. The summed E-state index contributed by atoms with van der Waals surface area (Å²) in [5.41, 5.74) is 4.81. The summed E-state index contributed by atoms with van der Waals surface area (Å²) in [6.07, 6.45) is -0.683. The second kappa shape index (κ2) is 14.6. The van der Waals surface area contributed by atoms with Crippen molar-refractivity contribution >= 4 is 22.8 Å². The Morgan fingerprint density at radius 1 is 0.500 bits per heavy atom. The molecule has 0 aliphatic carbocycles. The van der Waals surface area contributed by atoms with Crippen LogP contribution in [0.2, 0.25) is 33.2 Å². The van der Waals surface area contributed by atoms with Gasteiger partial charge in [0, 0.05) is 0 Å². The van der Waals surface area contributed by atoms with Crippen LogP contribution in [0.1, 0.15) is 94.2 Å². The van der Waals surface area contributed by atoms with Crippen LogP contribution in [-0.4, -0.2) is 22.8 Å². The fraction of sp³-hybridized carbons (Fsp3) is 0.606. The first-order chi connectivity index (χ1) is 18.7. The molecular formula is C33H54O5Si2. The first-order valence-electron chi connectivity index (χ1n) is 15.0. The standard InChI is InChI=1S/C33H54O5Si2/c1-23(2)39(24(3)4,25(5)6)37-31-17-13-29(14-18-31)21-35-33(34)36-22-30-15-19-32(20-16-30)38-40(26(7)8,27(9)10)28(11)12/h13-20,23-28H,21-22H2,1-12H3. The fourth-order valence-electron chi connectivity index (χ4n) is 6.75. The summed E-state index contributed by atoms with van der Waals surface area (Å²) in [7, 11) is -4.02. The van der Waals surface area contributed by atoms with E-state index in [0.29, 0.717) is 33.2 Å². The third-order valence-electron chi connectivity index (χ3n) is 8.56. The molecule has 0 aliphatic rings. The Bertz CT molecular complexity index is 916. The Balaban J connectivity index is 1.92. The van der Waals surface area contributed by atoms with Crippen LogP contribution in [0, 0.1) is 0 Å². The molecule has 0 spiro atoms. The predicted octanol–water partition coefficient (Wildman–Crippen LogP) is 10.6. The van der Waals surface area contributed by atoms with Crippen LogP contribution in [0.4, 0.5) is 4.79 Å². The monoisotopic (exact) mass is 586 g/mol. The van der Waals surface area contributed by atoms with Crippen molar-refractivity contribution in [3.63, 3.8) is 0 Å². The summed E-state index contributed by atoms with van der Waals surface area (Å²) in [4.78, 5) is 12.3. The normalized spacial score (nSPS) is 12.7. The third kappa shape index (κ3) is 7.93. The van der Waals surface area contributed by atoms with Crippen LogP contribution in [0.3, 0.4) is 0 Å². The van der Waals surface area contributed by atoms with Gasteiger partial charge in [0.15, 0.2) is 0 Å². The Morgan fingerprint density at radius 3 is 0.975 bits per heavy atom. The minimum absolute atomic E-state index is 0.152. The molecule has 2 aromatic rings. The van der Waals surface area contributed by atoms with E-state index in [1.54, 1.807) is 0 Å². The van der Waals surface area contributed by atoms with Gasteiger partial charge in [-0.05, 0) is 68.6 Å². The average Bonchev–Trinajstić information content (AvgIpc) is 2.88. The molecule has 0 aromatic heterocycles. The van der Waals surface area contributed by atoms with Gasteiger partial charge in [-0.3, -0.25) is 0 Å². The minimum Gasteiger partial charge on any atom is -0.543 e.